The Hall–Kier alpha value is -0.460. The number of sulfone groups is 1. The summed E-state index contributed by atoms with van der Waals surface area (Å²) in [6.45, 7) is 1.46. The van der Waals surface area contributed by atoms with E-state index in [9.17, 15) is 13.2 Å². The van der Waals surface area contributed by atoms with E-state index >= 15 is 0 Å². The lowest BCUT2D eigenvalue weighted by Crippen LogP contribution is -2.43. The van der Waals surface area contributed by atoms with E-state index in [1.807, 2.05) is 0 Å². The largest absolute Gasteiger partial charge is 0.381 e. The van der Waals surface area contributed by atoms with Gasteiger partial charge in [-0.3, -0.25) is 4.79 Å². The molecule has 17 heavy (non-hydrogen) atoms. The van der Waals surface area contributed by atoms with Crippen LogP contribution < -0.4 is 5.73 Å². The standard InChI is InChI=1S/C11H21NO4S/c1-17(14,15)8-2-3-10(13)11(9-12)4-6-16-7-5-11/h2-9,12H2,1H3. The molecule has 0 aromatic carbocycles. The van der Waals surface area contributed by atoms with Crippen LogP contribution in [0.2, 0.25) is 0 Å². The number of ketones is 1. The second-order valence-corrected chi connectivity index (χ2v) is 7.01. The molecule has 1 aliphatic heterocycles. The van der Waals surface area contributed by atoms with Gasteiger partial charge >= 0.3 is 0 Å². The fraction of sp³-hybridized carbons (Fsp3) is 0.909. The van der Waals surface area contributed by atoms with Crippen LogP contribution in [0, 0.1) is 5.41 Å². The molecule has 2 N–H and O–H groups in total. The van der Waals surface area contributed by atoms with Gasteiger partial charge in [0.1, 0.15) is 15.6 Å². The van der Waals surface area contributed by atoms with Crippen molar-refractivity contribution in [2.24, 2.45) is 11.1 Å². The molecule has 100 valence electrons. The van der Waals surface area contributed by atoms with Crippen LogP contribution in [0.5, 0.6) is 0 Å². The number of nitrogens with two attached hydrogens (primary N) is 1. The van der Waals surface area contributed by atoms with Gasteiger partial charge in [0, 0.05) is 37.9 Å². The molecule has 5 nitrogen and oxygen atoms in total. The molecule has 1 fully saturated rings. The summed E-state index contributed by atoms with van der Waals surface area (Å²) < 4.78 is 27.2. The Morgan fingerprint density at radius 1 is 1.35 bits per heavy atom. The third-order valence-corrected chi connectivity index (χ3v) is 4.38. The second-order valence-electron chi connectivity index (χ2n) is 4.75. The molecule has 0 bridgehead atoms. The molecule has 1 aliphatic rings. The van der Waals surface area contributed by atoms with E-state index in [4.69, 9.17) is 10.5 Å². The number of ether oxygens (including phenoxy) is 1. The lowest BCUT2D eigenvalue weighted by Gasteiger charge is -2.34. The molecule has 0 atom stereocenters. The van der Waals surface area contributed by atoms with Gasteiger partial charge in [-0.05, 0) is 19.3 Å². The minimum atomic E-state index is -2.99. The molecule has 1 heterocycles. The topological polar surface area (TPSA) is 86.5 Å². The minimum absolute atomic E-state index is 0.0654. The third kappa shape index (κ3) is 4.37. The van der Waals surface area contributed by atoms with Crippen molar-refractivity contribution in [2.75, 3.05) is 31.8 Å². The molecule has 0 spiro atoms. The molecular formula is C11H21NO4S. The van der Waals surface area contributed by atoms with E-state index < -0.39 is 15.3 Å². The van der Waals surface area contributed by atoms with Crippen molar-refractivity contribution in [3.63, 3.8) is 0 Å². The number of Topliss-reactive ketones (excluding diaryl/α,β-unsaturated/α-hetero) is 1. The Morgan fingerprint density at radius 2 is 1.94 bits per heavy atom. The monoisotopic (exact) mass is 263 g/mol. The van der Waals surface area contributed by atoms with Gasteiger partial charge in [0.05, 0.1) is 5.75 Å². The third-order valence-electron chi connectivity index (χ3n) is 3.35. The normalized spacial score (nSPS) is 20.1. The maximum absolute atomic E-state index is 12.1. The number of hydrogen-bond donors (Lipinski definition) is 1. The zero-order valence-corrected chi connectivity index (χ0v) is 11.1. The summed E-state index contributed by atoms with van der Waals surface area (Å²) in [7, 11) is -2.99. The van der Waals surface area contributed by atoms with Crippen molar-refractivity contribution >= 4 is 15.6 Å². The first-order valence-corrected chi connectivity index (χ1v) is 7.94. The van der Waals surface area contributed by atoms with Crippen LogP contribution in [0.4, 0.5) is 0 Å². The number of carbonyl (C=O) groups is 1. The van der Waals surface area contributed by atoms with E-state index in [0.717, 1.165) is 0 Å². The highest BCUT2D eigenvalue weighted by Gasteiger charge is 2.37. The fourth-order valence-electron chi connectivity index (χ4n) is 2.12. The van der Waals surface area contributed by atoms with Crippen LogP contribution in [0.15, 0.2) is 0 Å². The van der Waals surface area contributed by atoms with Crippen molar-refractivity contribution in [3.05, 3.63) is 0 Å². The van der Waals surface area contributed by atoms with E-state index in [1.165, 1.54) is 6.26 Å². The quantitative estimate of drug-likeness (QED) is 0.736. The van der Waals surface area contributed by atoms with Crippen molar-refractivity contribution in [1.29, 1.82) is 0 Å². The number of hydrogen-bond acceptors (Lipinski definition) is 5. The molecule has 0 amide bonds. The first-order valence-electron chi connectivity index (χ1n) is 5.88. The summed E-state index contributed by atoms with van der Waals surface area (Å²) in [6, 6.07) is 0. The molecule has 0 aromatic rings. The van der Waals surface area contributed by atoms with E-state index in [1.54, 1.807) is 0 Å². The van der Waals surface area contributed by atoms with E-state index in [-0.39, 0.29) is 11.5 Å². The van der Waals surface area contributed by atoms with Crippen LogP contribution in [0.1, 0.15) is 25.7 Å². The van der Waals surface area contributed by atoms with Gasteiger partial charge < -0.3 is 10.5 Å². The summed E-state index contributed by atoms with van der Waals surface area (Å²) in [6.07, 6.45) is 3.18. The van der Waals surface area contributed by atoms with Gasteiger partial charge in [0.2, 0.25) is 0 Å². The van der Waals surface area contributed by atoms with Gasteiger partial charge in [-0.25, -0.2) is 8.42 Å². The van der Waals surface area contributed by atoms with Crippen LogP contribution in [-0.4, -0.2) is 46.0 Å². The fourth-order valence-corrected chi connectivity index (χ4v) is 2.79. The Morgan fingerprint density at radius 3 is 2.41 bits per heavy atom. The highest BCUT2D eigenvalue weighted by molar-refractivity contribution is 7.90. The Balaban J connectivity index is 2.49. The molecule has 0 saturated carbocycles. The highest BCUT2D eigenvalue weighted by Crippen LogP contribution is 2.31. The maximum atomic E-state index is 12.1. The van der Waals surface area contributed by atoms with Crippen molar-refractivity contribution < 1.29 is 17.9 Å². The van der Waals surface area contributed by atoms with E-state index in [0.29, 0.717) is 45.4 Å². The van der Waals surface area contributed by atoms with Gasteiger partial charge in [-0.15, -0.1) is 0 Å². The summed E-state index contributed by atoms with van der Waals surface area (Å²) in [5.41, 5.74) is 5.23. The van der Waals surface area contributed by atoms with Crippen LogP contribution in [-0.2, 0) is 19.4 Å². The highest BCUT2D eigenvalue weighted by atomic mass is 32.2. The lowest BCUT2D eigenvalue weighted by molar-refractivity contribution is -0.133. The second kappa shape index (κ2) is 5.93. The predicted octanol–water partition coefficient (Wildman–Crippen LogP) is 0.136. The molecule has 0 aliphatic carbocycles. The summed E-state index contributed by atoms with van der Waals surface area (Å²) >= 11 is 0. The van der Waals surface area contributed by atoms with Gasteiger partial charge in [0.15, 0.2) is 0 Å². The zero-order chi connectivity index (χ0) is 12.9. The molecule has 1 saturated heterocycles. The lowest BCUT2D eigenvalue weighted by atomic mass is 9.75. The molecule has 0 radical (unpaired) electrons. The molecule has 0 aromatic heterocycles. The summed E-state index contributed by atoms with van der Waals surface area (Å²) in [4.78, 5) is 12.1. The van der Waals surface area contributed by atoms with Crippen LogP contribution >= 0.6 is 0 Å². The first kappa shape index (κ1) is 14.6. The minimum Gasteiger partial charge on any atom is -0.381 e. The van der Waals surface area contributed by atoms with E-state index in [2.05, 4.69) is 0 Å². The summed E-state index contributed by atoms with van der Waals surface area (Å²) in [5, 5.41) is 0. The average Bonchev–Trinajstić information content (AvgIpc) is 2.28. The molecular weight excluding hydrogens is 242 g/mol. The zero-order valence-electron chi connectivity index (χ0n) is 10.3. The Labute approximate surface area is 103 Å². The van der Waals surface area contributed by atoms with Gasteiger partial charge in [-0.1, -0.05) is 0 Å². The molecule has 1 rings (SSSR count). The smallest absolute Gasteiger partial charge is 0.147 e. The molecule has 0 unspecified atom stereocenters. The first-order chi connectivity index (χ1) is 7.90. The summed E-state index contributed by atoms with van der Waals surface area (Å²) in [5.74, 6) is 0.155. The van der Waals surface area contributed by atoms with Crippen molar-refractivity contribution in [2.45, 2.75) is 25.7 Å². The van der Waals surface area contributed by atoms with Crippen LogP contribution in [0.25, 0.3) is 0 Å². The number of carbonyl (C=O) groups excluding carboxylic acids is 1. The Bertz CT molecular complexity index is 358. The number of rotatable bonds is 6. The van der Waals surface area contributed by atoms with Gasteiger partial charge in [0.25, 0.3) is 0 Å². The average molecular weight is 263 g/mol. The molecule has 6 heteroatoms. The Kier molecular flexibility index (Phi) is 5.09. The van der Waals surface area contributed by atoms with Crippen LogP contribution in [0.3, 0.4) is 0 Å². The van der Waals surface area contributed by atoms with Crippen molar-refractivity contribution in [1.82, 2.24) is 0 Å². The van der Waals surface area contributed by atoms with Crippen molar-refractivity contribution in [3.8, 4) is 0 Å². The predicted molar refractivity (Wildman–Crippen MR) is 65.5 cm³/mol. The SMILES string of the molecule is CS(=O)(=O)CCCC(=O)C1(CN)CCOCC1. The maximum Gasteiger partial charge on any atom is 0.147 e. The van der Waals surface area contributed by atoms with Gasteiger partial charge in [-0.2, -0.15) is 0 Å².